The molecule has 2 fully saturated rings. The van der Waals surface area contributed by atoms with Crippen molar-refractivity contribution in [2.24, 2.45) is 11.7 Å². The first kappa shape index (κ1) is 13.8. The topological polar surface area (TPSA) is 66.6 Å². The van der Waals surface area contributed by atoms with Gasteiger partial charge in [-0.3, -0.25) is 4.79 Å². The summed E-state index contributed by atoms with van der Waals surface area (Å²) in [7, 11) is 0. The zero-order valence-corrected chi connectivity index (χ0v) is 11.2. The number of amides is 1. The van der Waals surface area contributed by atoms with Crippen LogP contribution in [-0.2, 0) is 4.79 Å². The van der Waals surface area contributed by atoms with Crippen molar-refractivity contribution in [3.05, 3.63) is 0 Å². The quantitative estimate of drug-likeness (QED) is 0.797. The Morgan fingerprint density at radius 2 is 1.94 bits per heavy atom. The molecule has 1 atom stereocenters. The van der Waals surface area contributed by atoms with Crippen molar-refractivity contribution >= 4 is 5.91 Å². The maximum Gasteiger partial charge on any atom is 0.222 e. The largest absolute Gasteiger partial charge is 0.391 e. The third-order valence-electron chi connectivity index (χ3n) is 4.41. The van der Waals surface area contributed by atoms with Crippen LogP contribution in [0.1, 0.15) is 51.4 Å². The van der Waals surface area contributed by atoms with E-state index in [2.05, 4.69) is 0 Å². The summed E-state index contributed by atoms with van der Waals surface area (Å²) >= 11 is 0. The van der Waals surface area contributed by atoms with Crippen LogP contribution in [0.5, 0.6) is 0 Å². The minimum atomic E-state index is -0.310. The van der Waals surface area contributed by atoms with E-state index >= 15 is 0 Å². The summed E-state index contributed by atoms with van der Waals surface area (Å²) in [6, 6.07) is 0.384. The third-order valence-corrected chi connectivity index (χ3v) is 4.41. The number of nitrogens with two attached hydrogens (primary N) is 1. The van der Waals surface area contributed by atoms with E-state index in [0.717, 1.165) is 38.6 Å². The molecule has 0 bridgehead atoms. The van der Waals surface area contributed by atoms with E-state index in [0.29, 0.717) is 24.9 Å². The molecule has 0 aromatic carbocycles. The number of carbonyl (C=O) groups is 1. The molecule has 2 aliphatic rings. The standard InChI is InChI=1S/C14H26N2O2/c15-12-6-3-11(4-7-12)5-8-14(18)16-9-1-2-13(17)10-16/h11-13,17H,1-10,15H2. The zero-order valence-electron chi connectivity index (χ0n) is 11.2. The van der Waals surface area contributed by atoms with Gasteiger partial charge in [0.05, 0.1) is 6.10 Å². The van der Waals surface area contributed by atoms with Crippen molar-refractivity contribution in [3.63, 3.8) is 0 Å². The Hall–Kier alpha value is -0.610. The molecule has 1 saturated heterocycles. The molecule has 4 heteroatoms. The summed E-state index contributed by atoms with van der Waals surface area (Å²) in [5.41, 5.74) is 5.88. The number of rotatable bonds is 3. The number of β-amino-alcohol motifs (C(OH)–C–C–N with tert-alkyl or cyclic N) is 1. The lowest BCUT2D eigenvalue weighted by molar-refractivity contribution is -0.134. The molecule has 104 valence electrons. The molecule has 0 aromatic heterocycles. The maximum atomic E-state index is 12.0. The van der Waals surface area contributed by atoms with E-state index in [4.69, 9.17) is 5.73 Å². The highest BCUT2D eigenvalue weighted by atomic mass is 16.3. The predicted molar refractivity (Wildman–Crippen MR) is 71.0 cm³/mol. The van der Waals surface area contributed by atoms with Gasteiger partial charge in [0.1, 0.15) is 0 Å². The summed E-state index contributed by atoms with van der Waals surface area (Å²) in [6.45, 7) is 1.36. The Morgan fingerprint density at radius 1 is 1.22 bits per heavy atom. The van der Waals surface area contributed by atoms with E-state index in [1.165, 1.54) is 12.8 Å². The van der Waals surface area contributed by atoms with Gasteiger partial charge in [0, 0.05) is 25.6 Å². The molecular formula is C14H26N2O2. The average Bonchev–Trinajstić information content (AvgIpc) is 2.38. The molecule has 1 unspecified atom stereocenters. The maximum absolute atomic E-state index is 12.0. The average molecular weight is 254 g/mol. The van der Waals surface area contributed by atoms with E-state index in [-0.39, 0.29) is 12.0 Å². The molecule has 4 nitrogen and oxygen atoms in total. The Morgan fingerprint density at radius 3 is 2.61 bits per heavy atom. The number of likely N-dealkylation sites (tertiary alicyclic amines) is 1. The second kappa shape index (κ2) is 6.53. The van der Waals surface area contributed by atoms with E-state index in [1.54, 1.807) is 0 Å². The first-order valence-electron chi connectivity index (χ1n) is 7.36. The first-order chi connectivity index (χ1) is 8.65. The van der Waals surface area contributed by atoms with Crippen LogP contribution >= 0.6 is 0 Å². The highest BCUT2D eigenvalue weighted by Crippen LogP contribution is 2.27. The minimum absolute atomic E-state index is 0.226. The van der Waals surface area contributed by atoms with Gasteiger partial charge in [-0.15, -0.1) is 0 Å². The fourth-order valence-corrected chi connectivity index (χ4v) is 3.14. The van der Waals surface area contributed by atoms with Gasteiger partial charge in [-0.25, -0.2) is 0 Å². The molecule has 1 heterocycles. The molecule has 0 radical (unpaired) electrons. The molecule has 2 rings (SSSR count). The molecular weight excluding hydrogens is 228 g/mol. The fourth-order valence-electron chi connectivity index (χ4n) is 3.14. The van der Waals surface area contributed by atoms with Crippen molar-refractivity contribution in [1.29, 1.82) is 0 Å². The van der Waals surface area contributed by atoms with Crippen molar-refractivity contribution in [3.8, 4) is 0 Å². The molecule has 0 aromatic rings. The van der Waals surface area contributed by atoms with Crippen molar-refractivity contribution in [2.75, 3.05) is 13.1 Å². The molecule has 1 amide bonds. The lowest BCUT2D eigenvalue weighted by Gasteiger charge is -2.31. The lowest BCUT2D eigenvalue weighted by atomic mass is 9.83. The van der Waals surface area contributed by atoms with Crippen LogP contribution in [-0.4, -0.2) is 41.1 Å². The number of hydrogen-bond acceptors (Lipinski definition) is 3. The van der Waals surface area contributed by atoms with Crippen molar-refractivity contribution < 1.29 is 9.90 Å². The Kier molecular flexibility index (Phi) is 5.01. The Balaban J connectivity index is 1.68. The Bertz CT molecular complexity index is 275. The number of aliphatic hydroxyl groups excluding tert-OH is 1. The van der Waals surface area contributed by atoms with E-state index in [1.807, 2.05) is 4.90 Å². The van der Waals surface area contributed by atoms with Gasteiger partial charge in [-0.2, -0.15) is 0 Å². The van der Waals surface area contributed by atoms with Crippen LogP contribution in [0, 0.1) is 5.92 Å². The van der Waals surface area contributed by atoms with Gasteiger partial charge in [-0.05, 0) is 50.9 Å². The smallest absolute Gasteiger partial charge is 0.222 e. The van der Waals surface area contributed by atoms with Gasteiger partial charge in [0.15, 0.2) is 0 Å². The monoisotopic (exact) mass is 254 g/mol. The molecule has 3 N–H and O–H groups in total. The third kappa shape index (κ3) is 3.95. The molecule has 1 aliphatic heterocycles. The van der Waals surface area contributed by atoms with Crippen LogP contribution in [0.3, 0.4) is 0 Å². The summed E-state index contributed by atoms with van der Waals surface area (Å²) in [4.78, 5) is 13.9. The number of aliphatic hydroxyl groups is 1. The van der Waals surface area contributed by atoms with Crippen LogP contribution in [0.25, 0.3) is 0 Å². The minimum Gasteiger partial charge on any atom is -0.391 e. The van der Waals surface area contributed by atoms with Gasteiger partial charge >= 0.3 is 0 Å². The van der Waals surface area contributed by atoms with Gasteiger partial charge in [0.25, 0.3) is 0 Å². The normalized spacial score (nSPS) is 33.4. The number of nitrogens with zero attached hydrogens (tertiary/aromatic N) is 1. The van der Waals surface area contributed by atoms with Crippen LogP contribution in [0.2, 0.25) is 0 Å². The lowest BCUT2D eigenvalue weighted by Crippen LogP contribution is -2.42. The summed E-state index contributed by atoms with van der Waals surface area (Å²) in [6.07, 6.45) is 7.69. The number of hydrogen-bond donors (Lipinski definition) is 2. The first-order valence-corrected chi connectivity index (χ1v) is 7.36. The van der Waals surface area contributed by atoms with Gasteiger partial charge in [0.2, 0.25) is 5.91 Å². The van der Waals surface area contributed by atoms with Gasteiger partial charge < -0.3 is 15.7 Å². The number of carbonyl (C=O) groups excluding carboxylic acids is 1. The Labute approximate surface area is 110 Å². The molecule has 1 saturated carbocycles. The van der Waals surface area contributed by atoms with Crippen LogP contribution in [0.4, 0.5) is 0 Å². The van der Waals surface area contributed by atoms with Crippen molar-refractivity contribution in [2.45, 2.75) is 63.5 Å². The van der Waals surface area contributed by atoms with Crippen LogP contribution in [0.15, 0.2) is 0 Å². The molecule has 0 spiro atoms. The van der Waals surface area contributed by atoms with Gasteiger partial charge in [-0.1, -0.05) is 0 Å². The highest BCUT2D eigenvalue weighted by Gasteiger charge is 2.24. The second-order valence-electron chi connectivity index (χ2n) is 5.96. The summed E-state index contributed by atoms with van der Waals surface area (Å²) < 4.78 is 0. The van der Waals surface area contributed by atoms with Crippen molar-refractivity contribution in [1.82, 2.24) is 4.90 Å². The summed E-state index contributed by atoms with van der Waals surface area (Å²) in [5.74, 6) is 0.909. The van der Waals surface area contributed by atoms with Crippen LogP contribution < -0.4 is 5.73 Å². The highest BCUT2D eigenvalue weighted by molar-refractivity contribution is 5.76. The SMILES string of the molecule is NC1CCC(CCC(=O)N2CCCC(O)C2)CC1. The molecule has 18 heavy (non-hydrogen) atoms. The second-order valence-corrected chi connectivity index (χ2v) is 5.96. The van der Waals surface area contributed by atoms with E-state index in [9.17, 15) is 9.90 Å². The summed E-state index contributed by atoms with van der Waals surface area (Å²) in [5, 5.41) is 9.57. The fraction of sp³-hybridized carbons (Fsp3) is 0.929. The zero-order chi connectivity index (χ0) is 13.0. The number of piperidine rings is 1. The molecule has 1 aliphatic carbocycles. The predicted octanol–water partition coefficient (Wildman–Crippen LogP) is 1.27. The van der Waals surface area contributed by atoms with E-state index < -0.39 is 0 Å².